The zero-order valence-corrected chi connectivity index (χ0v) is 10.8. The second-order valence-electron chi connectivity index (χ2n) is 4.64. The van der Waals surface area contributed by atoms with Crippen LogP contribution in [0.2, 0.25) is 0 Å². The van der Waals surface area contributed by atoms with Crippen molar-refractivity contribution < 1.29 is 9.53 Å². The van der Waals surface area contributed by atoms with Crippen molar-refractivity contribution in [2.75, 3.05) is 18.9 Å². The van der Waals surface area contributed by atoms with Crippen molar-refractivity contribution in [2.24, 2.45) is 0 Å². The molecular formula is C13H19N3O2. The summed E-state index contributed by atoms with van der Waals surface area (Å²) in [5.41, 5.74) is 6.11. The number of rotatable bonds is 2. The third-order valence-corrected chi connectivity index (χ3v) is 3.23. The fourth-order valence-electron chi connectivity index (χ4n) is 2.13. The fourth-order valence-corrected chi connectivity index (χ4v) is 2.13. The van der Waals surface area contributed by atoms with Gasteiger partial charge in [-0.15, -0.1) is 0 Å². The van der Waals surface area contributed by atoms with Crippen molar-refractivity contribution in [1.29, 1.82) is 0 Å². The highest BCUT2D eigenvalue weighted by atomic mass is 16.5. The van der Waals surface area contributed by atoms with Gasteiger partial charge in [-0.25, -0.2) is 4.98 Å². The zero-order chi connectivity index (χ0) is 13.1. The molecule has 1 saturated heterocycles. The molecule has 1 fully saturated rings. The maximum Gasteiger partial charge on any atom is 0.255 e. The topological polar surface area (TPSA) is 68.5 Å². The van der Waals surface area contributed by atoms with Crippen LogP contribution in [0.15, 0.2) is 18.3 Å². The molecule has 2 rings (SSSR count). The van der Waals surface area contributed by atoms with Crippen molar-refractivity contribution >= 4 is 11.7 Å². The van der Waals surface area contributed by atoms with Gasteiger partial charge in [0, 0.05) is 12.7 Å². The Bertz CT molecular complexity index is 419. The van der Waals surface area contributed by atoms with Gasteiger partial charge in [-0.3, -0.25) is 4.79 Å². The lowest BCUT2D eigenvalue weighted by Crippen LogP contribution is -2.51. The van der Waals surface area contributed by atoms with Crippen LogP contribution < -0.4 is 5.73 Å². The molecule has 1 aromatic heterocycles. The second kappa shape index (κ2) is 5.35. The highest BCUT2D eigenvalue weighted by Gasteiger charge is 2.29. The number of pyridine rings is 1. The molecule has 5 nitrogen and oxygen atoms in total. The lowest BCUT2D eigenvalue weighted by Gasteiger charge is -2.38. The maximum atomic E-state index is 12.4. The van der Waals surface area contributed by atoms with E-state index in [1.54, 1.807) is 12.1 Å². The molecule has 1 aliphatic heterocycles. The molecule has 5 heteroatoms. The van der Waals surface area contributed by atoms with Crippen LogP contribution >= 0.6 is 0 Å². The smallest absolute Gasteiger partial charge is 0.255 e. The number of nitrogen functional groups attached to an aromatic ring is 1. The Kier molecular flexibility index (Phi) is 3.81. The number of hydrogen-bond acceptors (Lipinski definition) is 4. The first-order valence-corrected chi connectivity index (χ1v) is 6.26. The number of nitrogens with zero attached hydrogens (tertiary/aromatic N) is 2. The van der Waals surface area contributed by atoms with E-state index in [2.05, 4.69) is 11.9 Å². The quantitative estimate of drug-likeness (QED) is 0.858. The Morgan fingerprint density at radius 1 is 1.61 bits per heavy atom. The first-order chi connectivity index (χ1) is 8.61. The molecule has 2 unspecified atom stereocenters. The van der Waals surface area contributed by atoms with Crippen LogP contribution in [-0.2, 0) is 4.74 Å². The molecule has 0 saturated carbocycles. The first-order valence-electron chi connectivity index (χ1n) is 6.26. The summed E-state index contributed by atoms with van der Waals surface area (Å²) in [7, 11) is 0. The number of aromatic nitrogens is 1. The summed E-state index contributed by atoms with van der Waals surface area (Å²) in [6.07, 6.45) is 2.50. The highest BCUT2D eigenvalue weighted by Crippen LogP contribution is 2.17. The number of anilines is 1. The van der Waals surface area contributed by atoms with Crippen LogP contribution in [0.5, 0.6) is 0 Å². The first kappa shape index (κ1) is 12.8. The monoisotopic (exact) mass is 249 g/mol. The van der Waals surface area contributed by atoms with E-state index in [-0.39, 0.29) is 18.1 Å². The second-order valence-corrected chi connectivity index (χ2v) is 4.64. The largest absolute Gasteiger partial charge is 0.384 e. The van der Waals surface area contributed by atoms with E-state index < -0.39 is 0 Å². The third-order valence-electron chi connectivity index (χ3n) is 3.23. The van der Waals surface area contributed by atoms with Gasteiger partial charge < -0.3 is 15.4 Å². The highest BCUT2D eigenvalue weighted by molar-refractivity contribution is 5.94. The predicted molar refractivity (Wildman–Crippen MR) is 69.2 cm³/mol. The minimum atomic E-state index is 0.00417. The van der Waals surface area contributed by atoms with Crippen molar-refractivity contribution in [3.8, 4) is 0 Å². The van der Waals surface area contributed by atoms with Crippen molar-refractivity contribution in [3.63, 3.8) is 0 Å². The molecule has 0 spiro atoms. The number of amides is 1. The van der Waals surface area contributed by atoms with Crippen molar-refractivity contribution in [3.05, 3.63) is 23.9 Å². The average Bonchev–Trinajstić information content (AvgIpc) is 2.39. The van der Waals surface area contributed by atoms with E-state index >= 15 is 0 Å². The van der Waals surface area contributed by atoms with Gasteiger partial charge in [0.15, 0.2) is 0 Å². The van der Waals surface area contributed by atoms with Crippen molar-refractivity contribution in [1.82, 2.24) is 9.88 Å². The van der Waals surface area contributed by atoms with Crippen LogP contribution in [0.25, 0.3) is 0 Å². The van der Waals surface area contributed by atoms with Crippen LogP contribution in [-0.4, -0.2) is 41.1 Å². The summed E-state index contributed by atoms with van der Waals surface area (Å²) >= 11 is 0. The molecule has 18 heavy (non-hydrogen) atoms. The van der Waals surface area contributed by atoms with Crippen LogP contribution in [0.3, 0.4) is 0 Å². The summed E-state index contributed by atoms with van der Waals surface area (Å²) < 4.78 is 5.59. The molecule has 0 aromatic carbocycles. The van der Waals surface area contributed by atoms with Gasteiger partial charge in [-0.05, 0) is 25.5 Å². The van der Waals surface area contributed by atoms with Gasteiger partial charge in [0.1, 0.15) is 5.82 Å². The van der Waals surface area contributed by atoms with Crippen LogP contribution in [0.4, 0.5) is 5.82 Å². The van der Waals surface area contributed by atoms with E-state index in [1.165, 1.54) is 6.20 Å². The Balaban J connectivity index is 2.17. The van der Waals surface area contributed by atoms with E-state index in [0.717, 1.165) is 6.42 Å². The standard InChI is InChI=1S/C13H19N3O2/c1-3-11-8-18-9(2)7-16(11)13(17)10-4-5-12(14)15-6-10/h4-6,9,11H,3,7-8H2,1-2H3,(H2,14,15). The molecule has 1 aromatic rings. The number of morpholine rings is 1. The van der Waals surface area contributed by atoms with Gasteiger partial charge in [0.25, 0.3) is 5.91 Å². The van der Waals surface area contributed by atoms with Gasteiger partial charge in [-0.2, -0.15) is 0 Å². The number of carbonyl (C=O) groups is 1. The van der Waals surface area contributed by atoms with Gasteiger partial charge >= 0.3 is 0 Å². The summed E-state index contributed by atoms with van der Waals surface area (Å²) in [6.45, 7) is 5.27. The molecule has 2 atom stereocenters. The third kappa shape index (κ3) is 2.61. The SMILES string of the molecule is CCC1COC(C)CN1C(=O)c1ccc(N)nc1. The van der Waals surface area contributed by atoms with Gasteiger partial charge in [0.2, 0.25) is 0 Å². The predicted octanol–water partition coefficient (Wildman–Crippen LogP) is 1.30. The zero-order valence-electron chi connectivity index (χ0n) is 10.8. The molecule has 1 aliphatic rings. The molecule has 1 amide bonds. The molecule has 2 heterocycles. The van der Waals surface area contributed by atoms with E-state index in [9.17, 15) is 4.79 Å². The normalized spacial score (nSPS) is 24.0. The Hall–Kier alpha value is -1.62. The Morgan fingerprint density at radius 3 is 3.00 bits per heavy atom. The van der Waals surface area contributed by atoms with E-state index in [0.29, 0.717) is 24.5 Å². The molecular weight excluding hydrogens is 230 g/mol. The lowest BCUT2D eigenvalue weighted by atomic mass is 10.1. The summed E-state index contributed by atoms with van der Waals surface area (Å²) in [5.74, 6) is 0.429. The molecule has 0 aliphatic carbocycles. The van der Waals surface area contributed by atoms with Crippen molar-refractivity contribution in [2.45, 2.75) is 32.4 Å². The maximum absolute atomic E-state index is 12.4. The lowest BCUT2D eigenvalue weighted by molar-refractivity contribution is -0.0444. The molecule has 0 bridgehead atoms. The summed E-state index contributed by atoms with van der Waals surface area (Å²) in [4.78, 5) is 18.3. The number of carbonyl (C=O) groups excluding carboxylic acids is 1. The summed E-state index contributed by atoms with van der Waals surface area (Å²) in [5, 5.41) is 0. The van der Waals surface area contributed by atoms with Gasteiger partial charge in [0.05, 0.1) is 24.3 Å². The molecule has 2 N–H and O–H groups in total. The van der Waals surface area contributed by atoms with Crippen LogP contribution in [0, 0.1) is 0 Å². The minimum absolute atomic E-state index is 0.00417. The number of nitrogens with two attached hydrogens (primary N) is 1. The Labute approximate surface area is 107 Å². The molecule has 0 radical (unpaired) electrons. The fraction of sp³-hybridized carbons (Fsp3) is 0.538. The number of hydrogen-bond donors (Lipinski definition) is 1. The Morgan fingerprint density at radius 2 is 2.39 bits per heavy atom. The van der Waals surface area contributed by atoms with Crippen LogP contribution in [0.1, 0.15) is 30.6 Å². The average molecular weight is 249 g/mol. The van der Waals surface area contributed by atoms with E-state index in [4.69, 9.17) is 10.5 Å². The number of ether oxygens (including phenoxy) is 1. The van der Waals surface area contributed by atoms with Gasteiger partial charge in [-0.1, -0.05) is 6.92 Å². The minimum Gasteiger partial charge on any atom is -0.384 e. The van der Waals surface area contributed by atoms with E-state index in [1.807, 2.05) is 11.8 Å². The molecule has 98 valence electrons. The summed E-state index contributed by atoms with van der Waals surface area (Å²) in [6, 6.07) is 3.52.